The fourth-order valence-corrected chi connectivity index (χ4v) is 1.64. The molecule has 0 aromatic heterocycles. The predicted molar refractivity (Wildman–Crippen MR) is 69.7 cm³/mol. The Kier molecular flexibility index (Phi) is 3.97. The first-order valence-corrected chi connectivity index (χ1v) is 6.22. The Morgan fingerprint density at radius 3 is 2.80 bits per heavy atom. The second-order valence-corrected chi connectivity index (χ2v) is 4.64. The third-order valence-corrected chi connectivity index (χ3v) is 2.93. The standard InChI is InChI=1S/C13H14N2O5/c1-8(13(17)14-10-2-3-10)20-12-5-4-11(15(18)19)6-9(12)7-16/h4-8,10H,2-3H2,1H3,(H,14,17)/t8-/m1/s1. The summed E-state index contributed by atoms with van der Waals surface area (Å²) in [5.74, 6) is -0.105. The van der Waals surface area contributed by atoms with Crippen molar-refractivity contribution in [1.82, 2.24) is 5.32 Å². The minimum atomic E-state index is -0.768. The smallest absolute Gasteiger partial charge is 0.270 e. The van der Waals surface area contributed by atoms with Gasteiger partial charge in [-0.2, -0.15) is 0 Å². The monoisotopic (exact) mass is 278 g/mol. The predicted octanol–water partition coefficient (Wildman–Crippen LogP) is 1.45. The van der Waals surface area contributed by atoms with E-state index in [1.807, 2.05) is 0 Å². The van der Waals surface area contributed by atoms with Crippen molar-refractivity contribution in [3.63, 3.8) is 0 Å². The normalized spacial score (nSPS) is 15.2. The number of benzene rings is 1. The van der Waals surface area contributed by atoms with Crippen LogP contribution in [-0.2, 0) is 4.79 Å². The first-order valence-electron chi connectivity index (χ1n) is 6.22. The maximum absolute atomic E-state index is 11.7. The molecule has 7 heteroatoms. The summed E-state index contributed by atoms with van der Waals surface area (Å²) in [6.45, 7) is 1.56. The summed E-state index contributed by atoms with van der Waals surface area (Å²) in [5, 5.41) is 13.4. The van der Waals surface area contributed by atoms with Crippen LogP contribution < -0.4 is 10.1 Å². The molecular formula is C13H14N2O5. The van der Waals surface area contributed by atoms with Crippen molar-refractivity contribution >= 4 is 17.9 Å². The second-order valence-electron chi connectivity index (χ2n) is 4.64. The minimum Gasteiger partial charge on any atom is -0.480 e. The molecule has 1 atom stereocenters. The van der Waals surface area contributed by atoms with Gasteiger partial charge in [0.2, 0.25) is 0 Å². The van der Waals surface area contributed by atoms with Crippen LogP contribution in [0.25, 0.3) is 0 Å². The Morgan fingerprint density at radius 2 is 2.25 bits per heavy atom. The van der Waals surface area contributed by atoms with Crippen LogP contribution in [0.15, 0.2) is 18.2 Å². The van der Waals surface area contributed by atoms with Gasteiger partial charge in [0.05, 0.1) is 10.5 Å². The van der Waals surface area contributed by atoms with Crippen LogP contribution in [0.3, 0.4) is 0 Å². The highest BCUT2D eigenvalue weighted by atomic mass is 16.6. The molecule has 1 aliphatic rings. The van der Waals surface area contributed by atoms with Crippen LogP contribution >= 0.6 is 0 Å². The summed E-state index contributed by atoms with van der Waals surface area (Å²) < 4.78 is 5.40. The molecule has 0 unspecified atom stereocenters. The van der Waals surface area contributed by atoms with Gasteiger partial charge in [0.25, 0.3) is 11.6 Å². The van der Waals surface area contributed by atoms with Crippen LogP contribution in [0.1, 0.15) is 30.1 Å². The lowest BCUT2D eigenvalue weighted by atomic mass is 10.2. The van der Waals surface area contributed by atoms with E-state index in [0.717, 1.165) is 18.9 Å². The molecule has 0 bridgehead atoms. The number of non-ortho nitro benzene ring substituents is 1. The van der Waals surface area contributed by atoms with E-state index < -0.39 is 11.0 Å². The number of hydrogen-bond donors (Lipinski definition) is 1. The summed E-state index contributed by atoms with van der Waals surface area (Å²) in [5.41, 5.74) is -0.153. The van der Waals surface area contributed by atoms with Gasteiger partial charge < -0.3 is 10.1 Å². The molecule has 1 aromatic rings. The zero-order valence-electron chi connectivity index (χ0n) is 10.9. The Labute approximate surface area is 115 Å². The van der Waals surface area contributed by atoms with Crippen molar-refractivity contribution in [2.24, 2.45) is 0 Å². The molecule has 0 spiro atoms. The second kappa shape index (κ2) is 5.68. The quantitative estimate of drug-likeness (QED) is 0.482. The third kappa shape index (κ3) is 3.31. The number of carbonyl (C=O) groups excluding carboxylic acids is 2. The highest BCUT2D eigenvalue weighted by Gasteiger charge is 2.26. The van der Waals surface area contributed by atoms with Crippen LogP contribution in [-0.4, -0.2) is 29.3 Å². The van der Waals surface area contributed by atoms with Gasteiger partial charge in [0.1, 0.15) is 5.75 Å². The number of carbonyl (C=O) groups is 2. The highest BCUT2D eigenvalue weighted by Crippen LogP contribution is 2.24. The molecule has 20 heavy (non-hydrogen) atoms. The van der Waals surface area contributed by atoms with Crippen molar-refractivity contribution in [2.45, 2.75) is 31.9 Å². The number of nitrogens with one attached hydrogen (secondary N) is 1. The first kappa shape index (κ1) is 14.0. The lowest BCUT2D eigenvalue weighted by Gasteiger charge is -2.15. The maximum atomic E-state index is 11.7. The van der Waals surface area contributed by atoms with E-state index in [9.17, 15) is 19.7 Å². The largest absolute Gasteiger partial charge is 0.480 e. The molecule has 1 aliphatic carbocycles. The molecule has 1 amide bonds. The van der Waals surface area contributed by atoms with Crippen molar-refractivity contribution in [1.29, 1.82) is 0 Å². The van der Waals surface area contributed by atoms with Gasteiger partial charge in [-0.3, -0.25) is 19.7 Å². The number of nitrogens with zero attached hydrogens (tertiary/aromatic N) is 1. The average Bonchev–Trinajstić information content (AvgIpc) is 3.22. The van der Waals surface area contributed by atoms with Gasteiger partial charge in [-0.25, -0.2) is 0 Å². The Morgan fingerprint density at radius 1 is 1.55 bits per heavy atom. The fraction of sp³-hybridized carbons (Fsp3) is 0.385. The van der Waals surface area contributed by atoms with Gasteiger partial charge in [-0.1, -0.05) is 0 Å². The summed E-state index contributed by atoms with van der Waals surface area (Å²) in [7, 11) is 0. The van der Waals surface area contributed by atoms with Crippen LogP contribution in [0, 0.1) is 10.1 Å². The maximum Gasteiger partial charge on any atom is 0.270 e. The molecule has 106 valence electrons. The SMILES string of the molecule is C[C@@H](Oc1ccc([N+](=O)[O-])cc1C=O)C(=O)NC1CC1. The van der Waals surface area contributed by atoms with E-state index in [0.29, 0.717) is 6.29 Å². The molecule has 1 N–H and O–H groups in total. The van der Waals surface area contributed by atoms with E-state index in [2.05, 4.69) is 5.32 Å². The van der Waals surface area contributed by atoms with Crippen LogP contribution in [0.4, 0.5) is 5.69 Å². The molecule has 7 nitrogen and oxygen atoms in total. The van der Waals surface area contributed by atoms with E-state index in [1.54, 1.807) is 6.92 Å². The molecule has 0 aliphatic heterocycles. The van der Waals surface area contributed by atoms with Crippen molar-refractivity contribution in [3.05, 3.63) is 33.9 Å². The average molecular weight is 278 g/mol. The molecule has 1 saturated carbocycles. The van der Waals surface area contributed by atoms with Crippen LogP contribution in [0.2, 0.25) is 0 Å². The molecule has 2 rings (SSSR count). The Bertz CT molecular complexity index is 554. The fourth-order valence-electron chi connectivity index (χ4n) is 1.64. The van der Waals surface area contributed by atoms with Gasteiger partial charge in [0.15, 0.2) is 12.4 Å². The van der Waals surface area contributed by atoms with E-state index in [4.69, 9.17) is 4.74 Å². The highest BCUT2D eigenvalue weighted by molar-refractivity contribution is 5.83. The summed E-state index contributed by atoms with van der Waals surface area (Å²) in [6.07, 6.45) is 1.63. The van der Waals surface area contributed by atoms with E-state index >= 15 is 0 Å². The summed E-state index contributed by atoms with van der Waals surface area (Å²) in [4.78, 5) is 32.7. The lowest BCUT2D eigenvalue weighted by molar-refractivity contribution is -0.384. The number of nitro benzene ring substituents is 1. The van der Waals surface area contributed by atoms with Gasteiger partial charge in [0, 0.05) is 18.2 Å². The number of amides is 1. The third-order valence-electron chi connectivity index (χ3n) is 2.93. The van der Waals surface area contributed by atoms with Gasteiger partial charge >= 0.3 is 0 Å². The minimum absolute atomic E-state index is 0.0465. The van der Waals surface area contributed by atoms with E-state index in [-0.39, 0.29) is 28.9 Å². The molecule has 0 saturated heterocycles. The summed E-state index contributed by atoms with van der Waals surface area (Å²) >= 11 is 0. The lowest BCUT2D eigenvalue weighted by Crippen LogP contribution is -2.37. The van der Waals surface area contributed by atoms with Crippen LogP contribution in [0.5, 0.6) is 5.75 Å². The van der Waals surface area contributed by atoms with Crippen molar-refractivity contribution < 1.29 is 19.2 Å². The first-order chi connectivity index (χ1) is 9.51. The molecule has 1 fully saturated rings. The zero-order valence-corrected chi connectivity index (χ0v) is 10.9. The van der Waals surface area contributed by atoms with E-state index in [1.165, 1.54) is 12.1 Å². The summed E-state index contributed by atoms with van der Waals surface area (Å²) in [6, 6.07) is 3.89. The Hall–Kier alpha value is -2.44. The number of rotatable bonds is 6. The molecule has 0 heterocycles. The van der Waals surface area contributed by atoms with Crippen molar-refractivity contribution in [3.8, 4) is 5.75 Å². The van der Waals surface area contributed by atoms with Gasteiger partial charge in [-0.05, 0) is 25.8 Å². The number of ether oxygens (including phenoxy) is 1. The van der Waals surface area contributed by atoms with Crippen molar-refractivity contribution in [2.75, 3.05) is 0 Å². The van der Waals surface area contributed by atoms with Gasteiger partial charge in [-0.15, -0.1) is 0 Å². The molecule has 1 aromatic carbocycles. The number of nitro groups is 1. The molecular weight excluding hydrogens is 264 g/mol. The topological polar surface area (TPSA) is 98.5 Å². The Balaban J connectivity index is 2.09. The molecule has 0 radical (unpaired) electrons. The zero-order chi connectivity index (χ0) is 14.7. The number of aldehydes is 1. The number of hydrogen-bond acceptors (Lipinski definition) is 5.